The van der Waals surface area contributed by atoms with Crippen LogP contribution < -0.4 is 15.4 Å². The van der Waals surface area contributed by atoms with Gasteiger partial charge in [-0.05, 0) is 49.6 Å². The minimum atomic E-state index is -0.138. The summed E-state index contributed by atoms with van der Waals surface area (Å²) in [7, 11) is 0. The van der Waals surface area contributed by atoms with E-state index in [1.807, 2.05) is 25.3 Å². The number of anilines is 1. The number of amides is 1. The number of ether oxygens (including phenoxy) is 1. The van der Waals surface area contributed by atoms with Crippen molar-refractivity contribution >= 4 is 34.1 Å². The molecule has 0 spiro atoms. The number of nitrogens with one attached hydrogen (secondary N) is 2. The summed E-state index contributed by atoms with van der Waals surface area (Å²) >= 11 is 1.69. The number of carbonyl (C=O) groups is 1. The van der Waals surface area contributed by atoms with E-state index in [0.717, 1.165) is 22.6 Å². The predicted octanol–water partition coefficient (Wildman–Crippen LogP) is 3.72. The molecule has 31 heavy (non-hydrogen) atoms. The minimum Gasteiger partial charge on any atom is -0.491 e. The Morgan fingerprint density at radius 3 is 2.77 bits per heavy atom. The van der Waals surface area contributed by atoms with Gasteiger partial charge < -0.3 is 15.4 Å². The van der Waals surface area contributed by atoms with Crippen LogP contribution in [0.2, 0.25) is 0 Å². The topological polar surface area (TPSA) is 94.0 Å². The number of rotatable bonds is 9. The lowest BCUT2D eigenvalue weighted by atomic mass is 10.2. The molecule has 0 saturated heterocycles. The molecular formula is C22H24N6O2S. The van der Waals surface area contributed by atoms with Crippen LogP contribution in [0.5, 0.6) is 5.75 Å². The SMILES string of the molecule is CC(C)Oc1ccc(C(=O)NCCn2ncc3c(NCc4cccs4)ncnc32)cc1. The quantitative estimate of drug-likeness (QED) is 0.415. The summed E-state index contributed by atoms with van der Waals surface area (Å²) < 4.78 is 7.38. The first-order valence-corrected chi connectivity index (χ1v) is 11.0. The van der Waals surface area contributed by atoms with Crippen LogP contribution in [0.1, 0.15) is 29.1 Å². The molecule has 0 aliphatic rings. The van der Waals surface area contributed by atoms with E-state index in [0.29, 0.717) is 25.2 Å². The van der Waals surface area contributed by atoms with Crippen LogP contribution in [0.15, 0.2) is 54.3 Å². The molecule has 3 aromatic heterocycles. The molecule has 0 fully saturated rings. The van der Waals surface area contributed by atoms with Gasteiger partial charge in [-0.2, -0.15) is 5.10 Å². The number of nitrogens with zero attached hydrogens (tertiary/aromatic N) is 4. The van der Waals surface area contributed by atoms with Crippen LogP contribution in [0.25, 0.3) is 11.0 Å². The van der Waals surface area contributed by atoms with Gasteiger partial charge in [0.25, 0.3) is 5.91 Å². The minimum absolute atomic E-state index is 0.0961. The Hall–Kier alpha value is -3.46. The highest BCUT2D eigenvalue weighted by atomic mass is 32.1. The van der Waals surface area contributed by atoms with Gasteiger partial charge in [-0.25, -0.2) is 14.6 Å². The molecule has 0 unspecified atom stereocenters. The van der Waals surface area contributed by atoms with E-state index in [4.69, 9.17) is 4.74 Å². The molecule has 3 heterocycles. The molecule has 0 saturated carbocycles. The number of thiophene rings is 1. The fourth-order valence-corrected chi connectivity index (χ4v) is 3.76. The monoisotopic (exact) mass is 436 g/mol. The van der Waals surface area contributed by atoms with Crippen LogP contribution in [0.4, 0.5) is 5.82 Å². The Balaban J connectivity index is 1.34. The highest BCUT2D eigenvalue weighted by molar-refractivity contribution is 7.09. The van der Waals surface area contributed by atoms with Crippen molar-refractivity contribution in [3.8, 4) is 5.75 Å². The molecule has 2 N–H and O–H groups in total. The zero-order chi connectivity index (χ0) is 21.6. The molecule has 0 radical (unpaired) electrons. The van der Waals surface area contributed by atoms with Crippen LogP contribution in [0.3, 0.4) is 0 Å². The van der Waals surface area contributed by atoms with Gasteiger partial charge >= 0.3 is 0 Å². The van der Waals surface area contributed by atoms with Crippen LogP contribution in [0, 0.1) is 0 Å². The molecule has 4 rings (SSSR count). The van der Waals surface area contributed by atoms with E-state index in [9.17, 15) is 4.79 Å². The molecule has 0 aliphatic heterocycles. The van der Waals surface area contributed by atoms with Crippen molar-refractivity contribution < 1.29 is 9.53 Å². The molecule has 0 atom stereocenters. The van der Waals surface area contributed by atoms with Gasteiger partial charge in [0, 0.05) is 17.0 Å². The van der Waals surface area contributed by atoms with Crippen molar-refractivity contribution in [1.82, 2.24) is 25.1 Å². The van der Waals surface area contributed by atoms with Crippen molar-refractivity contribution in [3.05, 3.63) is 64.7 Å². The standard InChI is InChI=1S/C22H24N6O2S/c1-15(2)30-17-7-5-16(6-8-17)22(29)23-9-10-28-21-19(13-27-28)20(25-14-26-21)24-12-18-4-3-11-31-18/h3-8,11,13-15H,9-10,12H2,1-2H3,(H,23,29)(H,24,25,26). The molecule has 0 aliphatic carbocycles. The maximum atomic E-state index is 12.4. The van der Waals surface area contributed by atoms with Gasteiger partial charge in [-0.3, -0.25) is 4.79 Å². The van der Waals surface area contributed by atoms with Gasteiger partial charge in [0.15, 0.2) is 5.65 Å². The summed E-state index contributed by atoms with van der Waals surface area (Å²) in [6.45, 7) is 5.57. The molecule has 0 bridgehead atoms. The maximum Gasteiger partial charge on any atom is 0.251 e. The zero-order valence-corrected chi connectivity index (χ0v) is 18.2. The second-order valence-corrected chi connectivity index (χ2v) is 8.24. The van der Waals surface area contributed by atoms with Crippen molar-refractivity contribution in [2.24, 2.45) is 0 Å². The fraction of sp³-hybridized carbons (Fsp3) is 0.273. The molecular weight excluding hydrogens is 412 g/mol. The average Bonchev–Trinajstić information content (AvgIpc) is 3.43. The Labute approximate surface area is 184 Å². The second kappa shape index (κ2) is 9.57. The van der Waals surface area contributed by atoms with Crippen molar-refractivity contribution in [2.75, 3.05) is 11.9 Å². The zero-order valence-electron chi connectivity index (χ0n) is 17.4. The lowest BCUT2D eigenvalue weighted by Crippen LogP contribution is -2.27. The molecule has 4 aromatic rings. The van der Waals surface area contributed by atoms with Crippen molar-refractivity contribution in [3.63, 3.8) is 0 Å². The lowest BCUT2D eigenvalue weighted by Gasteiger charge is -2.10. The van der Waals surface area contributed by atoms with E-state index < -0.39 is 0 Å². The Morgan fingerprint density at radius 1 is 1.19 bits per heavy atom. The van der Waals surface area contributed by atoms with Gasteiger partial charge in [0.2, 0.25) is 0 Å². The fourth-order valence-electron chi connectivity index (χ4n) is 3.12. The summed E-state index contributed by atoms with van der Waals surface area (Å²) in [6, 6.07) is 11.2. The first-order chi connectivity index (χ1) is 15.1. The number of aromatic nitrogens is 4. The third-order valence-corrected chi connectivity index (χ3v) is 5.42. The lowest BCUT2D eigenvalue weighted by molar-refractivity contribution is 0.0952. The summed E-state index contributed by atoms with van der Waals surface area (Å²) in [5.41, 5.74) is 1.32. The summed E-state index contributed by atoms with van der Waals surface area (Å²) in [5, 5.41) is 13.6. The summed E-state index contributed by atoms with van der Waals surface area (Å²) in [4.78, 5) is 22.3. The third-order valence-electron chi connectivity index (χ3n) is 4.54. The Kier molecular flexibility index (Phi) is 6.42. The van der Waals surface area contributed by atoms with Crippen LogP contribution in [-0.2, 0) is 13.1 Å². The number of fused-ring (bicyclic) bond motifs is 1. The van der Waals surface area contributed by atoms with E-state index in [-0.39, 0.29) is 12.0 Å². The number of benzene rings is 1. The van der Waals surface area contributed by atoms with Crippen LogP contribution in [-0.4, -0.2) is 38.3 Å². The smallest absolute Gasteiger partial charge is 0.251 e. The number of hydrogen-bond donors (Lipinski definition) is 2. The first-order valence-electron chi connectivity index (χ1n) is 10.1. The molecule has 1 aromatic carbocycles. The van der Waals surface area contributed by atoms with Gasteiger partial charge in [0.1, 0.15) is 17.9 Å². The van der Waals surface area contributed by atoms with Crippen molar-refractivity contribution in [1.29, 1.82) is 0 Å². The normalized spacial score (nSPS) is 11.1. The molecule has 9 heteroatoms. The predicted molar refractivity (Wildman–Crippen MR) is 122 cm³/mol. The maximum absolute atomic E-state index is 12.4. The van der Waals surface area contributed by atoms with Gasteiger partial charge in [-0.15, -0.1) is 11.3 Å². The molecule has 160 valence electrons. The van der Waals surface area contributed by atoms with E-state index in [1.165, 1.54) is 11.2 Å². The highest BCUT2D eigenvalue weighted by Gasteiger charge is 2.11. The largest absolute Gasteiger partial charge is 0.491 e. The van der Waals surface area contributed by atoms with Crippen LogP contribution >= 0.6 is 11.3 Å². The second-order valence-electron chi connectivity index (χ2n) is 7.21. The highest BCUT2D eigenvalue weighted by Crippen LogP contribution is 2.20. The third kappa shape index (κ3) is 5.18. The van der Waals surface area contributed by atoms with E-state index in [2.05, 4.69) is 31.8 Å². The van der Waals surface area contributed by atoms with Gasteiger partial charge in [-0.1, -0.05) is 6.07 Å². The van der Waals surface area contributed by atoms with Gasteiger partial charge in [0.05, 0.1) is 30.8 Å². The van der Waals surface area contributed by atoms with E-state index in [1.54, 1.807) is 46.5 Å². The Bertz CT molecular complexity index is 1140. The Morgan fingerprint density at radius 2 is 2.03 bits per heavy atom. The number of hydrogen-bond acceptors (Lipinski definition) is 7. The summed E-state index contributed by atoms with van der Waals surface area (Å²) in [5.74, 6) is 1.36. The first kappa shape index (κ1) is 20.8. The van der Waals surface area contributed by atoms with Crippen molar-refractivity contribution in [2.45, 2.75) is 33.0 Å². The molecule has 8 nitrogen and oxygen atoms in total. The average molecular weight is 437 g/mol. The summed E-state index contributed by atoms with van der Waals surface area (Å²) in [6.07, 6.45) is 3.37. The number of carbonyl (C=O) groups excluding carboxylic acids is 1. The van der Waals surface area contributed by atoms with E-state index >= 15 is 0 Å². The molecule has 1 amide bonds.